The topological polar surface area (TPSA) is 47.9 Å². The molecule has 4 nitrogen and oxygen atoms in total. The molecule has 3 atom stereocenters. The summed E-state index contributed by atoms with van der Waals surface area (Å²) in [5, 5.41) is 9.93. The molecule has 4 heteroatoms. The molecule has 2 heterocycles. The average Bonchev–Trinajstić information content (AvgIpc) is 2.93. The summed E-state index contributed by atoms with van der Waals surface area (Å²) >= 11 is 0. The summed E-state index contributed by atoms with van der Waals surface area (Å²) in [4.78, 5) is 0. The molecular weight excluding hydrogens is 220 g/mol. The van der Waals surface area contributed by atoms with E-state index in [0.717, 1.165) is 25.7 Å². The van der Waals surface area contributed by atoms with E-state index in [1.54, 1.807) is 0 Å². The molecule has 2 aliphatic rings. The second-order valence-corrected chi connectivity index (χ2v) is 4.99. The molecule has 0 aliphatic carbocycles. The fourth-order valence-electron chi connectivity index (χ4n) is 2.57. The number of hydrogen-bond acceptors (Lipinski definition) is 4. The van der Waals surface area contributed by atoms with E-state index in [-0.39, 0.29) is 24.6 Å². The summed E-state index contributed by atoms with van der Waals surface area (Å²) in [5.41, 5.74) is 0. The molecule has 17 heavy (non-hydrogen) atoms. The second kappa shape index (κ2) is 6.69. The summed E-state index contributed by atoms with van der Waals surface area (Å²) in [6.07, 6.45) is 5.71. The smallest absolute Gasteiger partial charge is 0.157 e. The standard InChI is InChI=1S/C13H24O4/c1-2-3-4-10-9-11(14)12(17-10)5-6-13-15-7-8-16-13/h10-14H,2-9H2,1H3/t10-,11+,12-/m0/s1. The van der Waals surface area contributed by atoms with Crippen LogP contribution in [0.1, 0.15) is 45.4 Å². The van der Waals surface area contributed by atoms with Gasteiger partial charge in [-0.15, -0.1) is 0 Å². The third kappa shape index (κ3) is 3.91. The zero-order chi connectivity index (χ0) is 12.1. The number of unbranched alkanes of at least 4 members (excludes halogenated alkanes) is 1. The second-order valence-electron chi connectivity index (χ2n) is 4.99. The lowest BCUT2D eigenvalue weighted by Gasteiger charge is -2.16. The molecule has 2 fully saturated rings. The first-order chi connectivity index (χ1) is 8.29. The van der Waals surface area contributed by atoms with Crippen LogP contribution in [0.25, 0.3) is 0 Å². The molecule has 0 aromatic carbocycles. The van der Waals surface area contributed by atoms with Crippen LogP contribution in [0.2, 0.25) is 0 Å². The van der Waals surface area contributed by atoms with Gasteiger partial charge in [0, 0.05) is 12.8 Å². The van der Waals surface area contributed by atoms with E-state index in [2.05, 4.69) is 6.92 Å². The predicted molar refractivity (Wildman–Crippen MR) is 63.7 cm³/mol. The fourth-order valence-corrected chi connectivity index (χ4v) is 2.57. The SMILES string of the molecule is CCCC[C@H]1C[C@@H](O)[C@H](CCC2OCCO2)O1. The zero-order valence-electron chi connectivity index (χ0n) is 10.6. The van der Waals surface area contributed by atoms with E-state index in [1.807, 2.05) is 0 Å². The monoisotopic (exact) mass is 244 g/mol. The molecule has 2 rings (SSSR count). The van der Waals surface area contributed by atoms with Gasteiger partial charge in [-0.3, -0.25) is 0 Å². The van der Waals surface area contributed by atoms with E-state index >= 15 is 0 Å². The van der Waals surface area contributed by atoms with Crippen molar-refractivity contribution in [3.05, 3.63) is 0 Å². The van der Waals surface area contributed by atoms with Gasteiger partial charge in [-0.1, -0.05) is 19.8 Å². The highest BCUT2D eigenvalue weighted by Crippen LogP contribution is 2.28. The van der Waals surface area contributed by atoms with Crippen molar-refractivity contribution < 1.29 is 19.3 Å². The van der Waals surface area contributed by atoms with Crippen molar-refractivity contribution in [1.29, 1.82) is 0 Å². The van der Waals surface area contributed by atoms with Crippen LogP contribution < -0.4 is 0 Å². The summed E-state index contributed by atoms with van der Waals surface area (Å²) in [6, 6.07) is 0. The maximum Gasteiger partial charge on any atom is 0.157 e. The third-order valence-corrected chi connectivity index (χ3v) is 3.56. The maximum absolute atomic E-state index is 9.93. The van der Waals surface area contributed by atoms with Gasteiger partial charge in [-0.05, 0) is 12.8 Å². The molecule has 0 unspecified atom stereocenters. The first-order valence-electron chi connectivity index (χ1n) is 6.86. The highest BCUT2D eigenvalue weighted by molar-refractivity contribution is 4.82. The van der Waals surface area contributed by atoms with Crippen molar-refractivity contribution in [2.24, 2.45) is 0 Å². The first-order valence-corrected chi connectivity index (χ1v) is 6.86. The number of aliphatic hydroxyl groups is 1. The van der Waals surface area contributed by atoms with Crippen LogP contribution in [0.3, 0.4) is 0 Å². The van der Waals surface area contributed by atoms with Gasteiger partial charge in [-0.2, -0.15) is 0 Å². The van der Waals surface area contributed by atoms with E-state index in [0.29, 0.717) is 13.2 Å². The quantitative estimate of drug-likeness (QED) is 0.774. The van der Waals surface area contributed by atoms with Crippen molar-refractivity contribution in [3.8, 4) is 0 Å². The van der Waals surface area contributed by atoms with Crippen LogP contribution in [-0.2, 0) is 14.2 Å². The number of hydrogen-bond donors (Lipinski definition) is 1. The van der Waals surface area contributed by atoms with Gasteiger partial charge >= 0.3 is 0 Å². The van der Waals surface area contributed by atoms with Crippen LogP contribution in [0.4, 0.5) is 0 Å². The largest absolute Gasteiger partial charge is 0.390 e. The first kappa shape index (κ1) is 13.3. The molecule has 0 aromatic heterocycles. The minimum absolute atomic E-state index is 0.0235. The Labute approximate surface area is 103 Å². The Hall–Kier alpha value is -0.160. The molecular formula is C13H24O4. The lowest BCUT2D eigenvalue weighted by Crippen LogP contribution is -2.23. The Balaban J connectivity index is 1.66. The Morgan fingerprint density at radius 2 is 1.88 bits per heavy atom. The molecule has 1 N–H and O–H groups in total. The maximum atomic E-state index is 9.93. The van der Waals surface area contributed by atoms with Crippen molar-refractivity contribution in [2.45, 2.75) is 70.1 Å². The van der Waals surface area contributed by atoms with Crippen molar-refractivity contribution in [3.63, 3.8) is 0 Å². The van der Waals surface area contributed by atoms with Crippen LogP contribution >= 0.6 is 0 Å². The molecule has 0 amide bonds. The fraction of sp³-hybridized carbons (Fsp3) is 1.00. The lowest BCUT2D eigenvalue weighted by molar-refractivity contribution is -0.0654. The minimum Gasteiger partial charge on any atom is -0.390 e. The van der Waals surface area contributed by atoms with Crippen molar-refractivity contribution in [1.82, 2.24) is 0 Å². The van der Waals surface area contributed by atoms with Crippen LogP contribution in [0.5, 0.6) is 0 Å². The van der Waals surface area contributed by atoms with E-state index in [1.165, 1.54) is 12.8 Å². The highest BCUT2D eigenvalue weighted by atomic mass is 16.7. The molecule has 0 radical (unpaired) electrons. The molecule has 2 saturated heterocycles. The van der Waals surface area contributed by atoms with Gasteiger partial charge in [0.25, 0.3) is 0 Å². The van der Waals surface area contributed by atoms with Gasteiger partial charge in [0.15, 0.2) is 6.29 Å². The molecule has 2 aliphatic heterocycles. The minimum atomic E-state index is -0.307. The van der Waals surface area contributed by atoms with Gasteiger partial charge < -0.3 is 19.3 Å². The van der Waals surface area contributed by atoms with E-state index in [4.69, 9.17) is 14.2 Å². The summed E-state index contributed by atoms with van der Waals surface area (Å²) in [6.45, 7) is 3.56. The Morgan fingerprint density at radius 3 is 2.59 bits per heavy atom. The molecule has 0 spiro atoms. The summed E-state index contributed by atoms with van der Waals surface area (Å²) in [7, 11) is 0. The van der Waals surface area contributed by atoms with Crippen molar-refractivity contribution >= 4 is 0 Å². The van der Waals surface area contributed by atoms with Gasteiger partial charge in [0.2, 0.25) is 0 Å². The number of rotatable bonds is 6. The predicted octanol–water partition coefficient (Wildman–Crippen LogP) is 1.85. The van der Waals surface area contributed by atoms with Crippen LogP contribution in [0, 0.1) is 0 Å². The molecule has 0 aromatic rings. The Morgan fingerprint density at radius 1 is 1.12 bits per heavy atom. The summed E-state index contributed by atoms with van der Waals surface area (Å²) < 4.78 is 16.6. The molecule has 0 saturated carbocycles. The van der Waals surface area contributed by atoms with Gasteiger partial charge in [0.1, 0.15) is 0 Å². The molecule has 0 bridgehead atoms. The lowest BCUT2D eigenvalue weighted by atomic mass is 10.0. The average molecular weight is 244 g/mol. The van der Waals surface area contributed by atoms with Crippen molar-refractivity contribution in [2.75, 3.05) is 13.2 Å². The Bertz CT molecular complexity index is 215. The van der Waals surface area contributed by atoms with Gasteiger partial charge in [-0.25, -0.2) is 0 Å². The van der Waals surface area contributed by atoms with E-state index in [9.17, 15) is 5.11 Å². The number of ether oxygens (including phenoxy) is 3. The zero-order valence-corrected chi connectivity index (χ0v) is 10.6. The normalized spacial score (nSPS) is 34.6. The molecule has 100 valence electrons. The highest BCUT2D eigenvalue weighted by Gasteiger charge is 2.33. The van der Waals surface area contributed by atoms with Gasteiger partial charge in [0.05, 0.1) is 31.5 Å². The number of aliphatic hydroxyl groups excluding tert-OH is 1. The van der Waals surface area contributed by atoms with Crippen LogP contribution in [-0.4, -0.2) is 42.9 Å². The van der Waals surface area contributed by atoms with Crippen LogP contribution in [0.15, 0.2) is 0 Å². The van der Waals surface area contributed by atoms with E-state index < -0.39 is 0 Å². The Kier molecular flexibility index (Phi) is 5.22. The third-order valence-electron chi connectivity index (χ3n) is 3.56. The summed E-state index contributed by atoms with van der Waals surface area (Å²) in [5.74, 6) is 0.